The SMILES string of the molecule is COc1cc(/C=N/N(C(=O)c2cc3ccccc3oc2=O)c2nc3ccc(F)cc3s2)cc(OC)c1OC. The number of hydrazone groups is 1. The molecule has 1 amide bonds. The molecule has 0 saturated heterocycles. The second-order valence-electron chi connectivity index (χ2n) is 7.91. The standard InChI is InChI=1S/C27H20FN3O6S/c1-34-21-10-15(11-22(35-2)24(21)36-3)14-29-31(27-30-19-9-8-17(28)13-23(19)38-27)25(32)18-12-16-6-4-5-7-20(16)37-26(18)33/h4-14H,1-3H3/b29-14+. The maximum atomic E-state index is 13.8. The van der Waals surface area contributed by atoms with E-state index in [1.807, 2.05) is 0 Å². The fraction of sp³-hybridized carbons (Fsp3) is 0.111. The third-order valence-electron chi connectivity index (χ3n) is 5.59. The van der Waals surface area contributed by atoms with Crippen LogP contribution in [0.2, 0.25) is 0 Å². The molecule has 3 aromatic carbocycles. The van der Waals surface area contributed by atoms with Gasteiger partial charge in [0.25, 0.3) is 5.91 Å². The predicted octanol–water partition coefficient (Wildman–Crippen LogP) is 5.25. The summed E-state index contributed by atoms with van der Waals surface area (Å²) in [7, 11) is 4.44. The fourth-order valence-corrected chi connectivity index (χ4v) is 4.74. The van der Waals surface area contributed by atoms with Gasteiger partial charge >= 0.3 is 5.63 Å². The molecular weight excluding hydrogens is 513 g/mol. The van der Waals surface area contributed by atoms with Crippen LogP contribution in [0.5, 0.6) is 17.2 Å². The highest BCUT2D eigenvalue weighted by atomic mass is 32.1. The Morgan fingerprint density at radius 1 is 1.03 bits per heavy atom. The number of benzene rings is 3. The van der Waals surface area contributed by atoms with Crippen molar-refractivity contribution in [1.82, 2.24) is 4.98 Å². The van der Waals surface area contributed by atoms with Crippen LogP contribution in [0.25, 0.3) is 21.2 Å². The molecule has 5 rings (SSSR count). The summed E-state index contributed by atoms with van der Waals surface area (Å²) in [5.74, 6) is -0.0509. The average molecular weight is 534 g/mol. The zero-order valence-electron chi connectivity index (χ0n) is 20.4. The number of aromatic nitrogens is 1. The van der Waals surface area contributed by atoms with E-state index in [0.29, 0.717) is 44.0 Å². The minimum atomic E-state index is -0.825. The number of halogens is 1. The second-order valence-corrected chi connectivity index (χ2v) is 8.92. The normalized spacial score (nSPS) is 11.3. The van der Waals surface area contributed by atoms with Gasteiger partial charge in [-0.25, -0.2) is 14.2 Å². The van der Waals surface area contributed by atoms with E-state index < -0.39 is 17.3 Å². The van der Waals surface area contributed by atoms with E-state index in [4.69, 9.17) is 18.6 Å². The molecule has 0 atom stereocenters. The van der Waals surface area contributed by atoms with E-state index in [0.717, 1.165) is 16.3 Å². The second kappa shape index (κ2) is 10.3. The maximum absolute atomic E-state index is 13.8. The number of carbonyl (C=O) groups excluding carboxylic acids is 1. The third kappa shape index (κ3) is 4.66. The van der Waals surface area contributed by atoms with Crippen molar-refractivity contribution in [2.75, 3.05) is 26.3 Å². The summed E-state index contributed by atoms with van der Waals surface area (Å²) in [6, 6.07) is 15.7. The summed E-state index contributed by atoms with van der Waals surface area (Å²) >= 11 is 1.05. The Kier molecular flexibility index (Phi) is 6.75. The highest BCUT2D eigenvalue weighted by Gasteiger charge is 2.25. The molecule has 0 aliphatic heterocycles. The van der Waals surface area contributed by atoms with E-state index >= 15 is 0 Å². The molecule has 0 spiro atoms. The van der Waals surface area contributed by atoms with Crippen molar-refractivity contribution in [2.45, 2.75) is 0 Å². The number of carbonyl (C=O) groups is 1. The monoisotopic (exact) mass is 533 g/mol. The van der Waals surface area contributed by atoms with Crippen molar-refractivity contribution in [3.8, 4) is 17.2 Å². The fourth-order valence-electron chi connectivity index (χ4n) is 3.79. The maximum Gasteiger partial charge on any atom is 0.349 e. The van der Waals surface area contributed by atoms with Gasteiger partial charge in [0.1, 0.15) is 17.0 Å². The molecule has 5 aromatic rings. The molecular formula is C27H20FN3O6S. The Hall–Kier alpha value is -4.77. The van der Waals surface area contributed by atoms with Crippen LogP contribution in [-0.4, -0.2) is 38.4 Å². The van der Waals surface area contributed by atoms with Gasteiger partial charge in [-0.05, 0) is 42.5 Å². The highest BCUT2D eigenvalue weighted by molar-refractivity contribution is 7.22. The lowest BCUT2D eigenvalue weighted by Gasteiger charge is -2.15. The average Bonchev–Trinajstić information content (AvgIpc) is 3.34. The van der Waals surface area contributed by atoms with Gasteiger partial charge in [0, 0.05) is 10.9 Å². The number of rotatable bonds is 7. The summed E-state index contributed by atoms with van der Waals surface area (Å²) in [6.07, 6.45) is 1.39. The van der Waals surface area contributed by atoms with Crippen LogP contribution in [0, 0.1) is 5.82 Å². The zero-order valence-corrected chi connectivity index (χ0v) is 21.2. The van der Waals surface area contributed by atoms with Crippen LogP contribution in [-0.2, 0) is 0 Å². The number of ether oxygens (including phenoxy) is 3. The Balaban J connectivity index is 1.63. The van der Waals surface area contributed by atoms with Crippen LogP contribution < -0.4 is 24.8 Å². The molecule has 192 valence electrons. The Labute approximate surface area is 219 Å². The number of nitrogens with zero attached hydrogens (tertiary/aromatic N) is 3. The van der Waals surface area contributed by atoms with Gasteiger partial charge < -0.3 is 18.6 Å². The van der Waals surface area contributed by atoms with Gasteiger partial charge in [-0.1, -0.05) is 29.5 Å². The number of methoxy groups -OCH3 is 3. The first-order valence-electron chi connectivity index (χ1n) is 11.2. The van der Waals surface area contributed by atoms with Gasteiger partial charge in [0.2, 0.25) is 10.9 Å². The topological polar surface area (TPSA) is 103 Å². The van der Waals surface area contributed by atoms with Gasteiger partial charge in [-0.3, -0.25) is 4.79 Å². The molecule has 0 aliphatic rings. The van der Waals surface area contributed by atoms with E-state index in [1.165, 1.54) is 51.8 Å². The highest BCUT2D eigenvalue weighted by Crippen LogP contribution is 2.38. The molecule has 0 N–H and O–H groups in total. The quantitative estimate of drug-likeness (QED) is 0.160. The van der Waals surface area contributed by atoms with Crippen LogP contribution in [0.4, 0.5) is 9.52 Å². The van der Waals surface area contributed by atoms with Crippen molar-refractivity contribution in [3.63, 3.8) is 0 Å². The first-order chi connectivity index (χ1) is 18.4. The smallest absolute Gasteiger partial charge is 0.349 e. The van der Waals surface area contributed by atoms with Crippen molar-refractivity contribution in [3.05, 3.63) is 88.0 Å². The molecule has 2 aromatic heterocycles. The molecule has 0 unspecified atom stereocenters. The number of anilines is 1. The summed E-state index contributed by atoms with van der Waals surface area (Å²) in [5, 5.41) is 6.04. The molecule has 0 saturated carbocycles. The van der Waals surface area contributed by atoms with Gasteiger partial charge in [0.05, 0.1) is 37.8 Å². The Morgan fingerprint density at radius 2 is 1.76 bits per heavy atom. The molecule has 11 heteroatoms. The first-order valence-corrected chi connectivity index (χ1v) is 12.0. The van der Waals surface area contributed by atoms with E-state index in [1.54, 1.807) is 36.4 Å². The summed E-state index contributed by atoms with van der Waals surface area (Å²) in [6.45, 7) is 0. The van der Waals surface area contributed by atoms with Crippen molar-refractivity contribution in [1.29, 1.82) is 0 Å². The molecule has 0 radical (unpaired) electrons. The van der Waals surface area contributed by atoms with E-state index in [2.05, 4.69) is 10.1 Å². The molecule has 38 heavy (non-hydrogen) atoms. The summed E-state index contributed by atoms with van der Waals surface area (Å²) < 4.78 is 35.8. The van der Waals surface area contributed by atoms with Crippen molar-refractivity contribution in [2.24, 2.45) is 5.10 Å². The van der Waals surface area contributed by atoms with Crippen LogP contribution in [0.3, 0.4) is 0 Å². The minimum absolute atomic E-state index is 0.131. The molecule has 0 fully saturated rings. The van der Waals surface area contributed by atoms with Gasteiger partial charge in [-0.15, -0.1) is 0 Å². The lowest BCUT2D eigenvalue weighted by molar-refractivity contribution is 0.0984. The number of para-hydroxylation sites is 1. The number of fused-ring (bicyclic) bond motifs is 2. The molecule has 0 aliphatic carbocycles. The van der Waals surface area contributed by atoms with Crippen molar-refractivity contribution >= 4 is 49.8 Å². The predicted molar refractivity (Wildman–Crippen MR) is 143 cm³/mol. The van der Waals surface area contributed by atoms with Gasteiger partial charge in [0.15, 0.2) is 11.5 Å². The van der Waals surface area contributed by atoms with Gasteiger partial charge in [-0.2, -0.15) is 10.1 Å². The summed E-state index contributed by atoms with van der Waals surface area (Å²) in [5.41, 5.74) is 0.259. The Morgan fingerprint density at radius 3 is 2.47 bits per heavy atom. The van der Waals surface area contributed by atoms with E-state index in [-0.39, 0.29) is 10.7 Å². The molecule has 2 heterocycles. The number of hydrogen-bond acceptors (Lipinski definition) is 9. The van der Waals surface area contributed by atoms with Crippen LogP contribution in [0.15, 0.2) is 75.0 Å². The largest absolute Gasteiger partial charge is 0.493 e. The van der Waals surface area contributed by atoms with Crippen LogP contribution in [0.1, 0.15) is 15.9 Å². The number of thiazole rings is 1. The van der Waals surface area contributed by atoms with E-state index in [9.17, 15) is 14.0 Å². The van der Waals surface area contributed by atoms with Crippen LogP contribution >= 0.6 is 11.3 Å². The zero-order chi connectivity index (χ0) is 26.8. The van der Waals surface area contributed by atoms with Crippen molar-refractivity contribution < 1.29 is 27.8 Å². The molecule has 9 nitrogen and oxygen atoms in total. The number of hydrogen-bond donors (Lipinski definition) is 0. The number of amides is 1. The molecule has 0 bridgehead atoms. The summed E-state index contributed by atoms with van der Waals surface area (Å²) in [4.78, 5) is 30.9. The first kappa shape index (κ1) is 24.9. The lowest BCUT2D eigenvalue weighted by Crippen LogP contribution is -2.30. The lowest BCUT2D eigenvalue weighted by atomic mass is 10.2. The Bertz CT molecular complexity index is 1740. The third-order valence-corrected chi connectivity index (χ3v) is 6.59. The minimum Gasteiger partial charge on any atom is -0.493 e.